The number of fused-ring (bicyclic) bond motifs is 1. The SMILES string of the molecule is Cc1cc(C)c2cc(OP(O)O)c(C)cc2c1. The number of aryl methyl sites for hydroxylation is 3. The Balaban J connectivity index is 2.63. The van der Waals surface area contributed by atoms with Gasteiger partial charge in [-0.05, 0) is 54.8 Å². The van der Waals surface area contributed by atoms with E-state index in [0.717, 1.165) is 21.9 Å². The van der Waals surface area contributed by atoms with Crippen LogP contribution in [0.5, 0.6) is 5.75 Å². The summed E-state index contributed by atoms with van der Waals surface area (Å²) in [6, 6.07) is 8.08. The molecule has 0 atom stereocenters. The molecule has 0 unspecified atom stereocenters. The zero-order valence-corrected chi connectivity index (χ0v) is 11.0. The first kappa shape index (κ1) is 12.3. The van der Waals surface area contributed by atoms with Crippen molar-refractivity contribution in [3.8, 4) is 5.75 Å². The second-order valence-electron chi connectivity index (χ2n) is 4.26. The minimum atomic E-state index is -2.36. The van der Waals surface area contributed by atoms with Crippen molar-refractivity contribution in [3.05, 3.63) is 41.0 Å². The maximum absolute atomic E-state index is 8.91. The molecule has 2 aromatic rings. The van der Waals surface area contributed by atoms with Crippen molar-refractivity contribution in [3.63, 3.8) is 0 Å². The van der Waals surface area contributed by atoms with Gasteiger partial charge in [0.05, 0.1) is 0 Å². The lowest BCUT2D eigenvalue weighted by Gasteiger charge is -2.12. The third kappa shape index (κ3) is 2.58. The second kappa shape index (κ2) is 4.61. The minimum absolute atomic E-state index is 0.528. The van der Waals surface area contributed by atoms with E-state index in [-0.39, 0.29) is 0 Å². The van der Waals surface area contributed by atoms with Crippen molar-refractivity contribution in [2.75, 3.05) is 0 Å². The Kier molecular flexibility index (Phi) is 3.34. The van der Waals surface area contributed by atoms with Gasteiger partial charge < -0.3 is 14.3 Å². The fourth-order valence-corrected chi connectivity index (χ4v) is 2.44. The predicted molar refractivity (Wildman–Crippen MR) is 70.1 cm³/mol. The molecule has 0 bridgehead atoms. The molecule has 0 radical (unpaired) electrons. The largest absolute Gasteiger partial charge is 0.427 e. The standard InChI is InChI=1S/C13H15O3P/c1-8-4-9(2)12-7-13(16-17(14)15)10(3)6-11(12)5-8/h4-7,14-15H,1-3H3. The fraction of sp³-hybridized carbons (Fsp3) is 0.231. The zero-order valence-electron chi connectivity index (χ0n) is 10.1. The quantitative estimate of drug-likeness (QED) is 0.803. The Morgan fingerprint density at radius 1 is 0.941 bits per heavy atom. The van der Waals surface area contributed by atoms with Gasteiger partial charge in [0.25, 0.3) is 0 Å². The van der Waals surface area contributed by atoms with Crippen LogP contribution in [0.3, 0.4) is 0 Å². The molecule has 0 spiro atoms. The van der Waals surface area contributed by atoms with Gasteiger partial charge in [0.15, 0.2) is 0 Å². The highest BCUT2D eigenvalue weighted by atomic mass is 31.2. The van der Waals surface area contributed by atoms with E-state index in [4.69, 9.17) is 14.3 Å². The third-order valence-corrected chi connectivity index (χ3v) is 3.14. The van der Waals surface area contributed by atoms with Gasteiger partial charge in [0, 0.05) is 0 Å². The summed E-state index contributed by atoms with van der Waals surface area (Å²) in [4.78, 5) is 17.8. The molecule has 0 aliphatic heterocycles. The molecular formula is C13H15O3P. The van der Waals surface area contributed by atoms with E-state index in [0.29, 0.717) is 5.75 Å². The first-order chi connectivity index (χ1) is 7.97. The van der Waals surface area contributed by atoms with Crippen LogP contribution in [0.1, 0.15) is 16.7 Å². The van der Waals surface area contributed by atoms with Crippen molar-refractivity contribution in [1.82, 2.24) is 0 Å². The molecule has 90 valence electrons. The molecule has 0 saturated carbocycles. The van der Waals surface area contributed by atoms with Gasteiger partial charge >= 0.3 is 8.60 Å². The smallest absolute Gasteiger partial charge is 0.391 e. The molecule has 0 amide bonds. The van der Waals surface area contributed by atoms with Crippen LogP contribution in [-0.2, 0) is 0 Å². The maximum Gasteiger partial charge on any atom is 0.391 e. The average molecular weight is 250 g/mol. The highest BCUT2D eigenvalue weighted by molar-refractivity contribution is 7.39. The summed E-state index contributed by atoms with van der Waals surface area (Å²) >= 11 is 0. The van der Waals surface area contributed by atoms with Crippen molar-refractivity contribution >= 4 is 19.4 Å². The van der Waals surface area contributed by atoms with Crippen molar-refractivity contribution in [2.24, 2.45) is 0 Å². The minimum Gasteiger partial charge on any atom is -0.427 e. The highest BCUT2D eigenvalue weighted by Gasteiger charge is 2.09. The first-order valence-electron chi connectivity index (χ1n) is 5.35. The average Bonchev–Trinajstić information content (AvgIpc) is 2.19. The molecule has 0 aliphatic carbocycles. The van der Waals surface area contributed by atoms with Gasteiger partial charge in [0.1, 0.15) is 5.75 Å². The van der Waals surface area contributed by atoms with Gasteiger partial charge in [-0.3, -0.25) is 0 Å². The van der Waals surface area contributed by atoms with Crippen LogP contribution in [-0.4, -0.2) is 9.79 Å². The summed E-state index contributed by atoms with van der Waals surface area (Å²) in [5.41, 5.74) is 3.28. The van der Waals surface area contributed by atoms with Crippen molar-refractivity contribution < 1.29 is 14.3 Å². The molecule has 0 heterocycles. The molecule has 0 aromatic heterocycles. The topological polar surface area (TPSA) is 49.7 Å². The summed E-state index contributed by atoms with van der Waals surface area (Å²) < 4.78 is 5.01. The Bertz CT molecular complexity index is 564. The molecule has 17 heavy (non-hydrogen) atoms. The molecule has 0 saturated heterocycles. The summed E-state index contributed by atoms with van der Waals surface area (Å²) in [6.45, 7) is 5.99. The van der Waals surface area contributed by atoms with Crippen LogP contribution < -0.4 is 4.52 Å². The molecule has 0 aliphatic rings. The van der Waals surface area contributed by atoms with Crippen LogP contribution >= 0.6 is 8.60 Å². The number of rotatable bonds is 2. The van der Waals surface area contributed by atoms with Gasteiger partial charge in [-0.2, -0.15) is 0 Å². The second-order valence-corrected chi connectivity index (χ2v) is 4.95. The lowest BCUT2D eigenvalue weighted by atomic mass is 10.00. The van der Waals surface area contributed by atoms with Crippen LogP contribution in [0.4, 0.5) is 0 Å². The molecule has 3 nitrogen and oxygen atoms in total. The van der Waals surface area contributed by atoms with Crippen LogP contribution in [0.25, 0.3) is 10.8 Å². The van der Waals surface area contributed by atoms with E-state index in [9.17, 15) is 0 Å². The lowest BCUT2D eigenvalue weighted by molar-refractivity contribution is 0.374. The van der Waals surface area contributed by atoms with Crippen molar-refractivity contribution in [1.29, 1.82) is 0 Å². The van der Waals surface area contributed by atoms with Crippen molar-refractivity contribution in [2.45, 2.75) is 20.8 Å². The van der Waals surface area contributed by atoms with E-state index in [2.05, 4.69) is 19.1 Å². The molecule has 2 rings (SSSR count). The molecule has 2 aromatic carbocycles. The predicted octanol–water partition coefficient (Wildman–Crippen LogP) is 3.36. The van der Waals surface area contributed by atoms with Gasteiger partial charge in [0.2, 0.25) is 0 Å². The Morgan fingerprint density at radius 3 is 2.29 bits per heavy atom. The zero-order chi connectivity index (χ0) is 12.6. The summed E-state index contributed by atoms with van der Waals surface area (Å²) in [5, 5.41) is 2.22. The lowest BCUT2D eigenvalue weighted by Crippen LogP contribution is -1.90. The molecule has 4 heteroatoms. The summed E-state index contributed by atoms with van der Waals surface area (Å²) in [7, 11) is -2.36. The van der Waals surface area contributed by atoms with Crippen LogP contribution in [0, 0.1) is 20.8 Å². The van der Waals surface area contributed by atoms with Gasteiger partial charge in [-0.15, -0.1) is 0 Å². The van der Waals surface area contributed by atoms with Gasteiger partial charge in [-0.25, -0.2) is 0 Å². The molecule has 2 N–H and O–H groups in total. The Morgan fingerprint density at radius 2 is 1.65 bits per heavy atom. The number of hydrogen-bond acceptors (Lipinski definition) is 3. The highest BCUT2D eigenvalue weighted by Crippen LogP contribution is 2.35. The van der Waals surface area contributed by atoms with E-state index in [1.54, 1.807) is 0 Å². The third-order valence-electron chi connectivity index (χ3n) is 2.78. The van der Waals surface area contributed by atoms with Crippen LogP contribution in [0.15, 0.2) is 24.3 Å². The normalized spacial score (nSPS) is 11.2. The Labute approximate surface area is 102 Å². The van der Waals surface area contributed by atoms with Crippen LogP contribution in [0.2, 0.25) is 0 Å². The number of hydrogen-bond donors (Lipinski definition) is 2. The number of benzene rings is 2. The molecular weight excluding hydrogens is 235 g/mol. The fourth-order valence-electron chi connectivity index (χ4n) is 2.06. The van der Waals surface area contributed by atoms with Gasteiger partial charge in [-0.1, -0.05) is 17.7 Å². The first-order valence-corrected chi connectivity index (χ1v) is 6.51. The molecule has 0 fully saturated rings. The monoisotopic (exact) mass is 250 g/mol. The maximum atomic E-state index is 8.91. The van der Waals surface area contributed by atoms with E-state index in [1.807, 2.05) is 26.0 Å². The van der Waals surface area contributed by atoms with E-state index >= 15 is 0 Å². The Hall–Kier alpha value is -1.15. The van der Waals surface area contributed by atoms with E-state index < -0.39 is 8.60 Å². The van der Waals surface area contributed by atoms with E-state index in [1.165, 1.54) is 5.56 Å². The summed E-state index contributed by atoms with van der Waals surface area (Å²) in [6.07, 6.45) is 0. The summed E-state index contributed by atoms with van der Waals surface area (Å²) in [5.74, 6) is 0.528.